The molecule has 0 aromatic heterocycles. The van der Waals surface area contributed by atoms with Crippen molar-refractivity contribution in [2.45, 2.75) is 0 Å². The SMILES string of the molecule is COc1ccc2cccc3c2c1C(=O)N(O)C3=O. The number of benzene rings is 2. The molecule has 0 saturated heterocycles. The normalized spacial score (nSPS) is 14.2. The van der Waals surface area contributed by atoms with E-state index in [4.69, 9.17) is 4.74 Å². The van der Waals surface area contributed by atoms with Gasteiger partial charge in [-0.3, -0.25) is 14.8 Å². The minimum absolute atomic E-state index is 0.125. The van der Waals surface area contributed by atoms with Gasteiger partial charge in [-0.1, -0.05) is 18.2 Å². The van der Waals surface area contributed by atoms with E-state index in [0.29, 0.717) is 16.7 Å². The van der Waals surface area contributed by atoms with Gasteiger partial charge >= 0.3 is 0 Å². The lowest BCUT2D eigenvalue weighted by atomic mass is 9.94. The summed E-state index contributed by atoms with van der Waals surface area (Å²) in [6.07, 6.45) is 0. The molecule has 2 aromatic rings. The summed E-state index contributed by atoms with van der Waals surface area (Å²) < 4.78 is 5.12. The van der Waals surface area contributed by atoms with Gasteiger partial charge in [-0.25, -0.2) is 0 Å². The molecule has 1 aliphatic rings. The van der Waals surface area contributed by atoms with Gasteiger partial charge in [0.1, 0.15) is 5.75 Å². The van der Waals surface area contributed by atoms with Crippen molar-refractivity contribution < 1.29 is 19.5 Å². The van der Waals surface area contributed by atoms with E-state index in [0.717, 1.165) is 5.39 Å². The van der Waals surface area contributed by atoms with Crippen LogP contribution in [0, 0.1) is 0 Å². The first kappa shape index (κ1) is 10.7. The van der Waals surface area contributed by atoms with Crippen molar-refractivity contribution in [3.8, 4) is 5.75 Å². The summed E-state index contributed by atoms with van der Waals surface area (Å²) in [6.45, 7) is 0. The predicted octanol–water partition coefficient (Wildman–Crippen LogP) is 1.83. The third kappa shape index (κ3) is 1.19. The number of hydrogen-bond donors (Lipinski definition) is 1. The summed E-state index contributed by atoms with van der Waals surface area (Å²) in [5, 5.41) is 11.0. The number of amides is 2. The van der Waals surface area contributed by atoms with E-state index in [1.165, 1.54) is 7.11 Å². The minimum Gasteiger partial charge on any atom is -0.496 e. The van der Waals surface area contributed by atoms with Crippen LogP contribution in [-0.2, 0) is 0 Å². The van der Waals surface area contributed by atoms with Gasteiger partial charge in [0.25, 0.3) is 11.8 Å². The Balaban J connectivity index is 2.52. The Bertz CT molecular complexity index is 693. The van der Waals surface area contributed by atoms with Gasteiger partial charge in [-0.05, 0) is 17.5 Å². The van der Waals surface area contributed by atoms with Gasteiger partial charge in [-0.15, -0.1) is 5.06 Å². The molecule has 18 heavy (non-hydrogen) atoms. The maximum atomic E-state index is 12.0. The van der Waals surface area contributed by atoms with Crippen molar-refractivity contribution in [2.24, 2.45) is 0 Å². The van der Waals surface area contributed by atoms with Gasteiger partial charge in [-0.2, -0.15) is 0 Å². The number of methoxy groups -OCH3 is 1. The van der Waals surface area contributed by atoms with Crippen LogP contribution in [0.2, 0.25) is 0 Å². The molecule has 0 unspecified atom stereocenters. The summed E-state index contributed by atoms with van der Waals surface area (Å²) in [4.78, 5) is 23.8. The molecule has 2 amide bonds. The molecule has 0 radical (unpaired) electrons. The molecule has 0 saturated carbocycles. The van der Waals surface area contributed by atoms with Crippen molar-refractivity contribution in [3.63, 3.8) is 0 Å². The van der Waals surface area contributed by atoms with E-state index in [-0.39, 0.29) is 10.6 Å². The first-order valence-electron chi connectivity index (χ1n) is 5.32. The monoisotopic (exact) mass is 243 g/mol. The predicted molar refractivity (Wildman–Crippen MR) is 62.8 cm³/mol. The molecule has 0 fully saturated rings. The molecular weight excluding hydrogens is 234 g/mol. The fourth-order valence-corrected chi connectivity index (χ4v) is 2.23. The Morgan fingerprint density at radius 2 is 1.89 bits per heavy atom. The molecule has 90 valence electrons. The molecule has 3 rings (SSSR count). The van der Waals surface area contributed by atoms with E-state index < -0.39 is 11.8 Å². The van der Waals surface area contributed by atoms with Crippen LogP contribution < -0.4 is 4.74 Å². The zero-order chi connectivity index (χ0) is 12.9. The topological polar surface area (TPSA) is 66.8 Å². The number of carbonyl (C=O) groups excluding carboxylic acids is 2. The number of hydroxylamine groups is 2. The first-order chi connectivity index (χ1) is 8.65. The van der Waals surface area contributed by atoms with Gasteiger partial charge in [0.2, 0.25) is 0 Å². The van der Waals surface area contributed by atoms with Gasteiger partial charge in [0.05, 0.1) is 18.2 Å². The summed E-state index contributed by atoms with van der Waals surface area (Å²) in [7, 11) is 1.44. The van der Waals surface area contributed by atoms with E-state index in [1.807, 2.05) is 0 Å². The van der Waals surface area contributed by atoms with Crippen LogP contribution in [0.1, 0.15) is 20.7 Å². The largest absolute Gasteiger partial charge is 0.496 e. The average Bonchev–Trinajstić information content (AvgIpc) is 2.41. The molecule has 2 aromatic carbocycles. The van der Waals surface area contributed by atoms with Crippen LogP contribution in [0.15, 0.2) is 30.3 Å². The summed E-state index contributed by atoms with van der Waals surface area (Å²) in [5.41, 5.74) is 0.510. The molecule has 1 heterocycles. The van der Waals surface area contributed by atoms with Crippen molar-refractivity contribution in [1.82, 2.24) is 5.06 Å². The number of imide groups is 1. The average molecular weight is 243 g/mol. The highest BCUT2D eigenvalue weighted by molar-refractivity contribution is 6.25. The zero-order valence-corrected chi connectivity index (χ0v) is 9.51. The zero-order valence-electron chi connectivity index (χ0n) is 9.51. The fraction of sp³-hybridized carbons (Fsp3) is 0.0769. The Hall–Kier alpha value is -2.40. The number of rotatable bonds is 1. The van der Waals surface area contributed by atoms with Crippen LogP contribution in [0.4, 0.5) is 0 Å². The molecule has 1 aliphatic heterocycles. The lowest BCUT2D eigenvalue weighted by Gasteiger charge is -2.23. The molecule has 0 aliphatic carbocycles. The second kappa shape index (κ2) is 3.54. The van der Waals surface area contributed by atoms with E-state index in [2.05, 4.69) is 0 Å². The third-order valence-electron chi connectivity index (χ3n) is 3.06. The highest BCUT2D eigenvalue weighted by Crippen LogP contribution is 2.35. The third-order valence-corrected chi connectivity index (χ3v) is 3.06. The molecule has 5 heteroatoms. The van der Waals surface area contributed by atoms with Crippen LogP contribution in [-0.4, -0.2) is 29.2 Å². The number of ether oxygens (including phenoxy) is 1. The first-order valence-corrected chi connectivity index (χ1v) is 5.32. The molecular formula is C13H9NO4. The smallest absolute Gasteiger partial charge is 0.289 e. The van der Waals surface area contributed by atoms with E-state index in [1.54, 1.807) is 30.3 Å². The minimum atomic E-state index is -0.763. The van der Waals surface area contributed by atoms with Crippen LogP contribution >= 0.6 is 0 Å². The van der Waals surface area contributed by atoms with Crippen molar-refractivity contribution in [3.05, 3.63) is 41.5 Å². The van der Waals surface area contributed by atoms with Gasteiger partial charge in [0.15, 0.2) is 0 Å². The quantitative estimate of drug-likeness (QED) is 0.613. The van der Waals surface area contributed by atoms with Crippen LogP contribution in [0.25, 0.3) is 10.8 Å². The highest BCUT2D eigenvalue weighted by Gasteiger charge is 2.34. The standard InChI is InChI=1S/C13H9NO4/c1-18-9-6-5-7-3-2-4-8-10(7)11(9)13(16)14(17)12(8)15/h2-6,17H,1H3. The number of nitrogens with zero attached hydrogens (tertiary/aromatic N) is 1. The molecule has 5 nitrogen and oxygen atoms in total. The van der Waals surface area contributed by atoms with Crippen molar-refractivity contribution in [2.75, 3.05) is 7.11 Å². The summed E-state index contributed by atoms with van der Waals surface area (Å²) in [5.74, 6) is -1.14. The molecule has 0 atom stereocenters. The number of hydrogen-bond acceptors (Lipinski definition) is 4. The second-order valence-corrected chi connectivity index (χ2v) is 3.97. The Morgan fingerprint density at radius 3 is 2.61 bits per heavy atom. The second-order valence-electron chi connectivity index (χ2n) is 3.97. The van der Waals surface area contributed by atoms with Crippen LogP contribution in [0.5, 0.6) is 5.75 Å². The molecule has 1 N–H and O–H groups in total. The summed E-state index contributed by atoms with van der Waals surface area (Å²) in [6, 6.07) is 8.49. The van der Waals surface area contributed by atoms with Crippen molar-refractivity contribution >= 4 is 22.6 Å². The Labute approximate surface area is 102 Å². The number of carbonyl (C=O) groups is 2. The van der Waals surface area contributed by atoms with E-state index >= 15 is 0 Å². The van der Waals surface area contributed by atoms with Crippen LogP contribution in [0.3, 0.4) is 0 Å². The maximum Gasteiger partial charge on any atom is 0.289 e. The lowest BCUT2D eigenvalue weighted by molar-refractivity contribution is -0.0379. The maximum absolute atomic E-state index is 12.0. The molecule has 0 bridgehead atoms. The Morgan fingerprint density at radius 1 is 1.11 bits per heavy atom. The highest BCUT2D eigenvalue weighted by atomic mass is 16.5. The molecule has 0 spiro atoms. The van der Waals surface area contributed by atoms with Gasteiger partial charge < -0.3 is 4.74 Å². The fourth-order valence-electron chi connectivity index (χ4n) is 2.23. The Kier molecular flexibility index (Phi) is 2.11. The lowest BCUT2D eigenvalue weighted by Crippen LogP contribution is -2.37. The van der Waals surface area contributed by atoms with Crippen molar-refractivity contribution in [1.29, 1.82) is 0 Å². The van der Waals surface area contributed by atoms with Gasteiger partial charge in [0, 0.05) is 5.39 Å². The summed E-state index contributed by atoms with van der Waals surface area (Å²) >= 11 is 0. The van der Waals surface area contributed by atoms with E-state index in [9.17, 15) is 14.8 Å².